The average molecular weight is 249 g/mol. The molecule has 0 aliphatic rings. The molecular weight excluding hydrogens is 239 g/mol. The van der Waals surface area contributed by atoms with E-state index in [-0.39, 0.29) is 12.4 Å². The van der Waals surface area contributed by atoms with Crippen molar-refractivity contribution in [1.82, 2.24) is 4.98 Å². The maximum atomic E-state index is 13.1. The zero-order chi connectivity index (χ0) is 9.68. The summed E-state index contributed by atoms with van der Waals surface area (Å²) in [6.07, 6.45) is 2.10. The molecule has 5 heteroatoms. The van der Waals surface area contributed by atoms with Gasteiger partial charge in [0.05, 0.1) is 0 Å². The molecule has 1 aromatic rings. The molecule has 13 heavy (non-hydrogen) atoms. The Morgan fingerprint density at radius 1 is 1.62 bits per heavy atom. The summed E-state index contributed by atoms with van der Waals surface area (Å²) < 4.78 is 13.7. The van der Waals surface area contributed by atoms with Crippen molar-refractivity contribution >= 4 is 21.7 Å². The number of nitrogens with one attached hydrogen (secondary N) is 1. The Morgan fingerprint density at radius 3 is 3.00 bits per heavy atom. The number of hydrogen-bond donors (Lipinski definition) is 2. The lowest BCUT2D eigenvalue weighted by Gasteiger charge is -2.04. The molecule has 0 amide bonds. The van der Waals surface area contributed by atoms with Crippen LogP contribution in [0.4, 0.5) is 10.2 Å². The summed E-state index contributed by atoms with van der Waals surface area (Å²) >= 11 is 3.11. The van der Waals surface area contributed by atoms with Crippen LogP contribution in [0.15, 0.2) is 16.7 Å². The molecule has 0 saturated heterocycles. The van der Waals surface area contributed by atoms with Crippen molar-refractivity contribution in [2.45, 2.75) is 6.42 Å². The van der Waals surface area contributed by atoms with Crippen LogP contribution in [-0.4, -0.2) is 23.2 Å². The highest BCUT2D eigenvalue weighted by molar-refractivity contribution is 9.10. The van der Waals surface area contributed by atoms with Crippen molar-refractivity contribution in [2.75, 3.05) is 18.5 Å². The smallest absolute Gasteiger partial charge is 0.166 e. The number of nitrogens with zero attached hydrogens (tertiary/aromatic N) is 1. The Morgan fingerprint density at radius 2 is 2.38 bits per heavy atom. The van der Waals surface area contributed by atoms with Crippen LogP contribution in [-0.2, 0) is 0 Å². The van der Waals surface area contributed by atoms with Gasteiger partial charge in [0.2, 0.25) is 0 Å². The van der Waals surface area contributed by atoms with Crippen LogP contribution in [0, 0.1) is 5.82 Å². The minimum absolute atomic E-state index is 0.0884. The molecule has 1 heterocycles. The number of hydrogen-bond acceptors (Lipinski definition) is 3. The van der Waals surface area contributed by atoms with Crippen LogP contribution < -0.4 is 5.32 Å². The Hall–Kier alpha value is -0.680. The molecule has 0 aliphatic carbocycles. The van der Waals surface area contributed by atoms with Crippen LogP contribution in [0.3, 0.4) is 0 Å². The molecule has 0 bridgehead atoms. The molecule has 3 nitrogen and oxygen atoms in total. The van der Waals surface area contributed by atoms with Gasteiger partial charge in [-0.25, -0.2) is 9.37 Å². The number of rotatable bonds is 4. The molecule has 0 saturated carbocycles. The van der Waals surface area contributed by atoms with E-state index in [1.807, 2.05) is 0 Å². The predicted octanol–water partition coefficient (Wildman–Crippen LogP) is 1.78. The van der Waals surface area contributed by atoms with Gasteiger partial charge in [-0.1, -0.05) is 0 Å². The first-order valence-corrected chi connectivity index (χ1v) is 4.69. The fraction of sp³-hybridized carbons (Fsp3) is 0.375. The molecule has 0 aromatic carbocycles. The van der Waals surface area contributed by atoms with Crippen LogP contribution in [0.2, 0.25) is 0 Å². The van der Waals surface area contributed by atoms with E-state index >= 15 is 0 Å². The summed E-state index contributed by atoms with van der Waals surface area (Å²) in [4.78, 5) is 3.84. The highest BCUT2D eigenvalue weighted by Crippen LogP contribution is 2.15. The van der Waals surface area contributed by atoms with E-state index in [1.165, 1.54) is 12.3 Å². The normalized spacial score (nSPS) is 10.1. The van der Waals surface area contributed by atoms with Crippen LogP contribution in [0.1, 0.15) is 6.42 Å². The summed E-state index contributed by atoms with van der Waals surface area (Å²) in [7, 11) is 0. The third-order valence-electron chi connectivity index (χ3n) is 1.44. The van der Waals surface area contributed by atoms with Gasteiger partial charge in [-0.2, -0.15) is 0 Å². The van der Waals surface area contributed by atoms with Crippen molar-refractivity contribution in [3.05, 3.63) is 22.6 Å². The fourth-order valence-electron chi connectivity index (χ4n) is 0.830. The molecule has 72 valence electrons. The number of aliphatic hydroxyl groups is 1. The van der Waals surface area contributed by atoms with E-state index < -0.39 is 5.82 Å². The number of aromatic nitrogens is 1. The van der Waals surface area contributed by atoms with Gasteiger partial charge in [0.15, 0.2) is 11.6 Å². The van der Waals surface area contributed by atoms with E-state index in [0.29, 0.717) is 17.4 Å². The number of halogens is 2. The lowest BCUT2D eigenvalue weighted by molar-refractivity contribution is 0.292. The van der Waals surface area contributed by atoms with E-state index in [9.17, 15) is 4.39 Å². The molecule has 2 N–H and O–H groups in total. The Balaban J connectivity index is 2.56. The topological polar surface area (TPSA) is 45.1 Å². The zero-order valence-electron chi connectivity index (χ0n) is 6.93. The van der Waals surface area contributed by atoms with Gasteiger partial charge in [-0.3, -0.25) is 0 Å². The number of pyridine rings is 1. The first-order chi connectivity index (χ1) is 6.24. The standard InChI is InChI=1S/C8H10BrFN2O/c9-6-4-7(10)8(12-5-6)11-2-1-3-13/h4-5,13H,1-3H2,(H,11,12). The van der Waals surface area contributed by atoms with Crippen molar-refractivity contribution in [3.63, 3.8) is 0 Å². The van der Waals surface area contributed by atoms with Crippen LogP contribution in [0.25, 0.3) is 0 Å². The van der Waals surface area contributed by atoms with Crippen molar-refractivity contribution < 1.29 is 9.50 Å². The third kappa shape index (κ3) is 3.28. The quantitative estimate of drug-likeness (QED) is 0.799. The van der Waals surface area contributed by atoms with Gasteiger partial charge in [0.25, 0.3) is 0 Å². The molecular formula is C8H10BrFN2O. The molecule has 1 rings (SSSR count). The van der Waals surface area contributed by atoms with Gasteiger partial charge in [-0.15, -0.1) is 0 Å². The predicted molar refractivity (Wildman–Crippen MR) is 52.1 cm³/mol. The molecule has 0 spiro atoms. The largest absolute Gasteiger partial charge is 0.396 e. The maximum Gasteiger partial charge on any atom is 0.166 e. The number of anilines is 1. The third-order valence-corrected chi connectivity index (χ3v) is 1.87. The first-order valence-electron chi connectivity index (χ1n) is 3.90. The SMILES string of the molecule is OCCCNc1ncc(Br)cc1F. The van der Waals surface area contributed by atoms with Gasteiger partial charge in [-0.05, 0) is 28.4 Å². The fourth-order valence-corrected chi connectivity index (χ4v) is 1.13. The molecule has 0 unspecified atom stereocenters. The van der Waals surface area contributed by atoms with Crippen LogP contribution >= 0.6 is 15.9 Å². The highest BCUT2D eigenvalue weighted by atomic mass is 79.9. The van der Waals surface area contributed by atoms with Crippen molar-refractivity contribution in [2.24, 2.45) is 0 Å². The first kappa shape index (κ1) is 10.4. The van der Waals surface area contributed by atoms with Gasteiger partial charge < -0.3 is 10.4 Å². The maximum absolute atomic E-state index is 13.1. The molecule has 0 fully saturated rings. The second kappa shape index (κ2) is 5.14. The Bertz CT molecular complexity index is 283. The van der Waals surface area contributed by atoms with Crippen molar-refractivity contribution in [3.8, 4) is 0 Å². The van der Waals surface area contributed by atoms with Crippen LogP contribution in [0.5, 0.6) is 0 Å². The highest BCUT2D eigenvalue weighted by Gasteiger charge is 2.02. The molecule has 0 radical (unpaired) electrons. The second-order valence-corrected chi connectivity index (χ2v) is 3.40. The summed E-state index contributed by atoms with van der Waals surface area (Å²) in [5.41, 5.74) is 0. The lowest BCUT2D eigenvalue weighted by atomic mass is 10.4. The zero-order valence-corrected chi connectivity index (χ0v) is 8.51. The van der Waals surface area contributed by atoms with E-state index in [4.69, 9.17) is 5.11 Å². The molecule has 0 atom stereocenters. The average Bonchev–Trinajstić information content (AvgIpc) is 2.09. The van der Waals surface area contributed by atoms with Gasteiger partial charge in [0.1, 0.15) is 0 Å². The summed E-state index contributed by atoms with van der Waals surface area (Å²) in [5.74, 6) is -0.177. The van der Waals surface area contributed by atoms with E-state index in [2.05, 4.69) is 26.2 Å². The summed E-state index contributed by atoms with van der Waals surface area (Å²) in [6.45, 7) is 0.604. The minimum Gasteiger partial charge on any atom is -0.396 e. The lowest BCUT2D eigenvalue weighted by Crippen LogP contribution is -2.06. The summed E-state index contributed by atoms with van der Waals surface area (Å²) in [5, 5.41) is 11.3. The minimum atomic E-state index is -0.396. The number of aliphatic hydroxyl groups excluding tert-OH is 1. The summed E-state index contributed by atoms with van der Waals surface area (Å²) in [6, 6.07) is 1.34. The molecule has 0 aliphatic heterocycles. The van der Waals surface area contributed by atoms with E-state index in [1.54, 1.807) is 0 Å². The monoisotopic (exact) mass is 248 g/mol. The van der Waals surface area contributed by atoms with Gasteiger partial charge in [0, 0.05) is 23.8 Å². The Labute approximate surface area is 84.1 Å². The second-order valence-electron chi connectivity index (χ2n) is 2.49. The van der Waals surface area contributed by atoms with Gasteiger partial charge >= 0.3 is 0 Å². The Kier molecular flexibility index (Phi) is 4.11. The molecule has 1 aromatic heterocycles. The van der Waals surface area contributed by atoms with Crippen molar-refractivity contribution in [1.29, 1.82) is 0 Å². The van der Waals surface area contributed by atoms with E-state index in [0.717, 1.165) is 0 Å².